The highest BCUT2D eigenvalue weighted by atomic mass is 16.5. The van der Waals surface area contributed by atoms with Crippen molar-refractivity contribution in [3.63, 3.8) is 0 Å². The fourth-order valence-corrected chi connectivity index (χ4v) is 3.57. The molecule has 2 aromatic carbocycles. The summed E-state index contributed by atoms with van der Waals surface area (Å²) in [6.07, 6.45) is 3.42. The average Bonchev–Trinajstić information content (AvgIpc) is 3.22. The lowest BCUT2D eigenvalue weighted by Crippen LogP contribution is -2.30. The number of benzene rings is 2. The molecule has 3 aromatic rings. The number of aliphatic hydroxyl groups excluding tert-OH is 1. The SMILES string of the molecule is Cc1cccc(OCCCn2cnc(-c3ccccc3)c2CO)c1NC(=O)NCCC(C)C. The Hall–Kier alpha value is -3.32. The van der Waals surface area contributed by atoms with Gasteiger partial charge in [0, 0.05) is 18.7 Å². The van der Waals surface area contributed by atoms with Gasteiger partial charge in [0.25, 0.3) is 0 Å². The molecular formula is C26H34N4O3. The second kappa shape index (κ2) is 12.1. The van der Waals surface area contributed by atoms with Gasteiger partial charge in [-0.3, -0.25) is 0 Å². The molecular weight excluding hydrogens is 416 g/mol. The molecule has 0 saturated carbocycles. The molecule has 0 unspecified atom stereocenters. The molecule has 0 bridgehead atoms. The second-order valence-corrected chi connectivity index (χ2v) is 8.47. The van der Waals surface area contributed by atoms with E-state index >= 15 is 0 Å². The quantitative estimate of drug-likeness (QED) is 0.359. The first-order valence-electron chi connectivity index (χ1n) is 11.5. The molecule has 1 heterocycles. The van der Waals surface area contributed by atoms with Gasteiger partial charge in [0.05, 0.1) is 36.6 Å². The Morgan fingerprint density at radius 2 is 1.94 bits per heavy atom. The Morgan fingerprint density at radius 1 is 1.15 bits per heavy atom. The Morgan fingerprint density at radius 3 is 2.67 bits per heavy atom. The molecule has 0 fully saturated rings. The number of aromatic nitrogens is 2. The van der Waals surface area contributed by atoms with Crippen LogP contribution in [-0.2, 0) is 13.2 Å². The zero-order valence-electron chi connectivity index (χ0n) is 19.7. The lowest BCUT2D eigenvalue weighted by Gasteiger charge is -2.16. The molecule has 3 N–H and O–H groups in total. The molecule has 0 radical (unpaired) electrons. The molecule has 0 aliphatic heterocycles. The molecule has 2 amide bonds. The van der Waals surface area contributed by atoms with Crippen molar-refractivity contribution in [3.8, 4) is 17.0 Å². The van der Waals surface area contributed by atoms with Crippen molar-refractivity contribution in [1.82, 2.24) is 14.9 Å². The lowest BCUT2D eigenvalue weighted by molar-refractivity contribution is 0.251. The average molecular weight is 451 g/mol. The second-order valence-electron chi connectivity index (χ2n) is 8.47. The topological polar surface area (TPSA) is 88.4 Å². The number of ether oxygens (including phenoxy) is 1. The Labute approximate surface area is 195 Å². The predicted octanol–water partition coefficient (Wildman–Crippen LogP) is 4.99. The van der Waals surface area contributed by atoms with Crippen LogP contribution in [0.5, 0.6) is 5.75 Å². The summed E-state index contributed by atoms with van der Waals surface area (Å²) >= 11 is 0. The largest absolute Gasteiger partial charge is 0.491 e. The summed E-state index contributed by atoms with van der Waals surface area (Å²) in [4.78, 5) is 16.8. The van der Waals surface area contributed by atoms with Crippen LogP contribution < -0.4 is 15.4 Å². The highest BCUT2D eigenvalue weighted by molar-refractivity contribution is 5.91. The number of hydrogen-bond acceptors (Lipinski definition) is 4. The number of amides is 2. The van der Waals surface area contributed by atoms with Crippen molar-refractivity contribution in [2.45, 2.75) is 46.8 Å². The number of aryl methyl sites for hydroxylation is 2. The molecule has 33 heavy (non-hydrogen) atoms. The van der Waals surface area contributed by atoms with Crippen molar-refractivity contribution in [1.29, 1.82) is 0 Å². The zero-order chi connectivity index (χ0) is 23.6. The van der Waals surface area contributed by atoms with Crippen molar-refractivity contribution < 1.29 is 14.6 Å². The maximum absolute atomic E-state index is 12.3. The third-order valence-electron chi connectivity index (χ3n) is 5.42. The molecule has 3 rings (SSSR count). The van der Waals surface area contributed by atoms with Crippen molar-refractivity contribution >= 4 is 11.7 Å². The summed E-state index contributed by atoms with van der Waals surface area (Å²) in [5, 5.41) is 15.7. The van der Waals surface area contributed by atoms with Crippen molar-refractivity contribution in [2.75, 3.05) is 18.5 Å². The fraction of sp³-hybridized carbons (Fsp3) is 0.385. The van der Waals surface area contributed by atoms with Gasteiger partial charge in [-0.05, 0) is 37.3 Å². The van der Waals surface area contributed by atoms with Crippen LogP contribution in [0.4, 0.5) is 10.5 Å². The van der Waals surface area contributed by atoms with E-state index in [4.69, 9.17) is 4.74 Å². The van der Waals surface area contributed by atoms with Crippen LogP contribution in [0, 0.1) is 12.8 Å². The molecule has 0 spiro atoms. The van der Waals surface area contributed by atoms with E-state index in [-0.39, 0.29) is 12.6 Å². The highest BCUT2D eigenvalue weighted by Gasteiger charge is 2.13. The Kier molecular flexibility index (Phi) is 8.89. The minimum Gasteiger partial charge on any atom is -0.491 e. The number of imidazole rings is 1. The molecule has 7 heteroatoms. The molecule has 176 valence electrons. The van der Waals surface area contributed by atoms with Gasteiger partial charge in [0.1, 0.15) is 5.75 Å². The van der Waals surface area contributed by atoms with Gasteiger partial charge < -0.3 is 25.0 Å². The molecule has 0 atom stereocenters. The van der Waals surface area contributed by atoms with Gasteiger partial charge in [-0.25, -0.2) is 9.78 Å². The van der Waals surface area contributed by atoms with Gasteiger partial charge in [-0.1, -0.05) is 56.3 Å². The molecule has 7 nitrogen and oxygen atoms in total. The van der Waals surface area contributed by atoms with E-state index in [9.17, 15) is 9.90 Å². The van der Waals surface area contributed by atoms with E-state index in [1.165, 1.54) is 0 Å². The standard InChI is InChI=1S/C26H34N4O3/c1-19(2)13-14-27-26(32)29-24-20(3)9-7-12-23(24)33-16-8-15-30-18-28-25(22(30)17-31)21-10-5-4-6-11-21/h4-7,9-12,18-19,31H,8,13-17H2,1-3H3,(H2,27,29,32). The Bertz CT molecular complexity index is 1030. The number of carbonyl (C=O) groups is 1. The summed E-state index contributed by atoms with van der Waals surface area (Å²) in [5.41, 5.74) is 4.20. The highest BCUT2D eigenvalue weighted by Crippen LogP contribution is 2.28. The molecule has 0 aliphatic carbocycles. The number of hydrogen-bond donors (Lipinski definition) is 3. The number of nitrogens with one attached hydrogen (secondary N) is 2. The van der Waals surface area contributed by atoms with Crippen LogP contribution in [0.15, 0.2) is 54.9 Å². The van der Waals surface area contributed by atoms with Crippen LogP contribution in [0.25, 0.3) is 11.3 Å². The number of anilines is 1. The molecule has 1 aromatic heterocycles. The first kappa shape index (κ1) is 24.3. The van der Waals surface area contributed by atoms with Crippen molar-refractivity contribution in [3.05, 3.63) is 66.1 Å². The van der Waals surface area contributed by atoms with Gasteiger partial charge in [-0.2, -0.15) is 0 Å². The van der Waals surface area contributed by atoms with Gasteiger partial charge in [0.2, 0.25) is 0 Å². The number of urea groups is 1. The number of para-hydroxylation sites is 1. The van der Waals surface area contributed by atoms with E-state index in [0.29, 0.717) is 37.1 Å². The summed E-state index contributed by atoms with van der Waals surface area (Å²) < 4.78 is 7.97. The number of carbonyl (C=O) groups excluding carboxylic acids is 1. The first-order chi connectivity index (χ1) is 16.0. The lowest BCUT2D eigenvalue weighted by atomic mass is 10.1. The van der Waals surface area contributed by atoms with E-state index in [1.807, 2.05) is 60.0 Å². The monoisotopic (exact) mass is 450 g/mol. The number of aliphatic hydroxyl groups is 1. The normalized spacial score (nSPS) is 10.9. The van der Waals surface area contributed by atoms with Crippen LogP contribution in [0.2, 0.25) is 0 Å². The molecule has 0 saturated heterocycles. The van der Waals surface area contributed by atoms with Gasteiger partial charge in [0.15, 0.2) is 0 Å². The predicted molar refractivity (Wildman–Crippen MR) is 131 cm³/mol. The van der Waals surface area contributed by atoms with Crippen LogP contribution >= 0.6 is 0 Å². The summed E-state index contributed by atoms with van der Waals surface area (Å²) in [6.45, 7) is 7.89. The van der Waals surface area contributed by atoms with Gasteiger partial charge in [-0.15, -0.1) is 0 Å². The minimum absolute atomic E-state index is 0.0804. The fourth-order valence-electron chi connectivity index (χ4n) is 3.57. The Balaban J connectivity index is 1.57. The van der Waals surface area contributed by atoms with E-state index in [1.54, 1.807) is 6.33 Å². The van der Waals surface area contributed by atoms with Gasteiger partial charge >= 0.3 is 6.03 Å². The maximum Gasteiger partial charge on any atom is 0.319 e. The van der Waals surface area contributed by atoms with Crippen LogP contribution in [0.3, 0.4) is 0 Å². The van der Waals surface area contributed by atoms with E-state index in [2.05, 4.69) is 29.5 Å². The first-order valence-corrected chi connectivity index (χ1v) is 11.5. The maximum atomic E-state index is 12.3. The van der Waals surface area contributed by atoms with E-state index in [0.717, 1.165) is 35.4 Å². The summed E-state index contributed by atoms with van der Waals surface area (Å²) in [5.74, 6) is 1.18. The third-order valence-corrected chi connectivity index (χ3v) is 5.42. The van der Waals surface area contributed by atoms with Crippen LogP contribution in [-0.4, -0.2) is 33.8 Å². The number of nitrogens with zero attached hydrogens (tertiary/aromatic N) is 2. The van der Waals surface area contributed by atoms with E-state index < -0.39 is 0 Å². The minimum atomic E-state index is -0.228. The zero-order valence-corrected chi connectivity index (χ0v) is 19.7. The molecule has 0 aliphatic rings. The smallest absolute Gasteiger partial charge is 0.319 e. The van der Waals surface area contributed by atoms with Crippen molar-refractivity contribution in [2.24, 2.45) is 5.92 Å². The third kappa shape index (κ3) is 6.83. The summed E-state index contributed by atoms with van der Waals surface area (Å²) in [7, 11) is 0. The van der Waals surface area contributed by atoms with Crippen LogP contribution in [0.1, 0.15) is 37.9 Å². The summed E-state index contributed by atoms with van der Waals surface area (Å²) in [6, 6.07) is 15.3. The number of rotatable bonds is 11.